The zero-order chi connectivity index (χ0) is 24.1. The van der Waals surface area contributed by atoms with Crippen LogP contribution in [0.4, 0.5) is 0 Å². The predicted octanol–water partition coefficient (Wildman–Crippen LogP) is 4.63. The summed E-state index contributed by atoms with van der Waals surface area (Å²) in [4.78, 5) is 0.393. The smallest absolute Gasteiger partial charge is 0.261 e. The molecule has 3 aromatic rings. The fourth-order valence-electron chi connectivity index (χ4n) is 3.06. The summed E-state index contributed by atoms with van der Waals surface area (Å²) in [6.45, 7) is 1.93. The largest absolute Gasteiger partial charge is 0.279 e. The number of allylic oxidation sites excluding steroid dienone is 3. The second-order valence-corrected chi connectivity index (χ2v) is 10.9. The first-order valence-electron chi connectivity index (χ1n) is 9.91. The molecule has 0 saturated carbocycles. The maximum atomic E-state index is 12.5. The van der Waals surface area contributed by atoms with Crippen molar-refractivity contribution in [2.75, 3.05) is 0 Å². The molecule has 6 nitrogen and oxygen atoms in total. The van der Waals surface area contributed by atoms with Crippen molar-refractivity contribution in [2.45, 2.75) is 23.1 Å². The summed E-state index contributed by atoms with van der Waals surface area (Å²) in [7, 11) is -7.10. The van der Waals surface area contributed by atoms with Crippen LogP contribution in [0, 0.1) is 6.92 Å². The number of sulfonamides is 2. The Morgan fingerprint density at radius 2 is 1.39 bits per heavy atom. The molecule has 0 saturated heterocycles. The molecule has 0 radical (unpaired) electrons. The molecular formula is C24H23ClN2O4S2. The molecule has 0 heterocycles. The molecule has 33 heavy (non-hydrogen) atoms. The molecule has 0 unspecified atom stereocenters. The van der Waals surface area contributed by atoms with Gasteiger partial charge in [0.1, 0.15) is 0 Å². The highest BCUT2D eigenvalue weighted by molar-refractivity contribution is 7.89. The fraction of sp³-hybridized carbons (Fsp3) is 0.0833. The lowest BCUT2D eigenvalue weighted by molar-refractivity contribution is 0.589. The number of nitrogens with one attached hydrogen (secondary N) is 1. The molecule has 0 fully saturated rings. The van der Waals surface area contributed by atoms with Crippen molar-refractivity contribution in [3.8, 4) is 0 Å². The SMILES string of the molecule is Cc1ccc(C2=CCC=C2NS(=O)(=O)c2ccccc2)cc1Cl.NS(=O)(=O)c1ccccc1. The number of primary sulfonamides is 1. The van der Waals surface area contributed by atoms with Crippen LogP contribution in [-0.4, -0.2) is 16.8 Å². The van der Waals surface area contributed by atoms with E-state index in [1.54, 1.807) is 48.5 Å². The van der Waals surface area contributed by atoms with Gasteiger partial charge in [-0.2, -0.15) is 0 Å². The average molecular weight is 503 g/mol. The van der Waals surface area contributed by atoms with Crippen molar-refractivity contribution in [3.63, 3.8) is 0 Å². The van der Waals surface area contributed by atoms with Gasteiger partial charge in [-0.1, -0.05) is 72.3 Å². The topological polar surface area (TPSA) is 106 Å². The normalized spacial score (nSPS) is 13.4. The minimum absolute atomic E-state index is 0.148. The predicted molar refractivity (Wildman–Crippen MR) is 131 cm³/mol. The highest BCUT2D eigenvalue weighted by atomic mass is 35.5. The summed E-state index contributed by atoms with van der Waals surface area (Å²) in [5.41, 5.74) is 3.34. The Balaban J connectivity index is 0.000000257. The van der Waals surface area contributed by atoms with Crippen LogP contribution in [0.15, 0.2) is 107 Å². The Morgan fingerprint density at radius 1 is 0.818 bits per heavy atom. The number of rotatable bonds is 5. The molecule has 1 aliphatic rings. The van der Waals surface area contributed by atoms with Crippen LogP contribution in [0.1, 0.15) is 17.5 Å². The van der Waals surface area contributed by atoms with Crippen molar-refractivity contribution >= 4 is 37.2 Å². The maximum Gasteiger partial charge on any atom is 0.261 e. The number of aryl methyl sites for hydroxylation is 1. The number of nitrogens with two attached hydrogens (primary N) is 1. The van der Waals surface area contributed by atoms with Crippen molar-refractivity contribution in [1.82, 2.24) is 4.72 Å². The quantitative estimate of drug-likeness (QED) is 0.530. The zero-order valence-corrected chi connectivity index (χ0v) is 20.2. The Kier molecular flexibility index (Phi) is 7.76. The molecule has 9 heteroatoms. The van der Waals surface area contributed by atoms with Gasteiger partial charge in [-0.25, -0.2) is 22.0 Å². The van der Waals surface area contributed by atoms with Gasteiger partial charge in [-0.3, -0.25) is 4.72 Å². The van der Waals surface area contributed by atoms with Crippen LogP contribution < -0.4 is 9.86 Å². The third kappa shape index (κ3) is 6.55. The molecule has 0 aromatic heterocycles. The van der Waals surface area contributed by atoms with E-state index >= 15 is 0 Å². The first-order chi connectivity index (χ1) is 15.6. The van der Waals surface area contributed by atoms with Crippen LogP contribution in [-0.2, 0) is 20.0 Å². The highest BCUT2D eigenvalue weighted by Gasteiger charge is 2.20. The molecule has 0 atom stereocenters. The summed E-state index contributed by atoms with van der Waals surface area (Å²) in [6.07, 6.45) is 4.54. The number of hydrogen-bond acceptors (Lipinski definition) is 4. The molecule has 1 aliphatic carbocycles. The minimum Gasteiger partial charge on any atom is -0.279 e. The van der Waals surface area contributed by atoms with Gasteiger partial charge in [0.2, 0.25) is 10.0 Å². The summed E-state index contributed by atoms with van der Waals surface area (Å²) in [5, 5.41) is 5.50. The van der Waals surface area contributed by atoms with Crippen molar-refractivity contribution in [3.05, 3.63) is 113 Å². The lowest BCUT2D eigenvalue weighted by Gasteiger charge is -2.13. The summed E-state index contributed by atoms with van der Waals surface area (Å²) >= 11 is 6.18. The first kappa shape index (κ1) is 24.7. The first-order valence-corrected chi connectivity index (χ1v) is 13.3. The van der Waals surface area contributed by atoms with Crippen molar-refractivity contribution in [2.24, 2.45) is 5.14 Å². The fourth-order valence-corrected chi connectivity index (χ4v) is 4.89. The lowest BCUT2D eigenvalue weighted by atomic mass is 10.0. The molecule has 172 valence electrons. The van der Waals surface area contributed by atoms with E-state index in [-0.39, 0.29) is 9.79 Å². The van der Waals surface area contributed by atoms with E-state index in [1.807, 2.05) is 37.3 Å². The minimum atomic E-state index is -3.60. The van der Waals surface area contributed by atoms with Crippen LogP contribution >= 0.6 is 11.6 Å². The van der Waals surface area contributed by atoms with Gasteiger partial charge >= 0.3 is 0 Å². The number of halogens is 1. The molecule has 0 aliphatic heterocycles. The molecule has 0 bridgehead atoms. The van der Waals surface area contributed by atoms with Gasteiger partial charge in [0, 0.05) is 10.6 Å². The third-order valence-electron chi connectivity index (χ3n) is 4.79. The van der Waals surface area contributed by atoms with Crippen molar-refractivity contribution in [1.29, 1.82) is 0 Å². The van der Waals surface area contributed by atoms with E-state index in [1.165, 1.54) is 12.1 Å². The number of hydrogen-bond donors (Lipinski definition) is 2. The standard InChI is InChI=1S/C18H16ClNO2S.C6H7NO2S/c1-13-10-11-14(12-17(13)19)16-8-5-9-18(16)20-23(21,22)15-6-3-2-4-7-15;7-10(8,9)6-4-2-1-3-5-6/h2-4,6-12,20H,5H2,1H3;1-5H,(H2,7,8,9). The van der Waals surface area contributed by atoms with Gasteiger partial charge < -0.3 is 0 Å². The van der Waals surface area contributed by atoms with Gasteiger partial charge in [0.05, 0.1) is 15.5 Å². The van der Waals surface area contributed by atoms with E-state index < -0.39 is 20.0 Å². The Bertz CT molecular complexity index is 1400. The van der Waals surface area contributed by atoms with E-state index in [0.717, 1.165) is 16.7 Å². The van der Waals surface area contributed by atoms with Crippen LogP contribution in [0.5, 0.6) is 0 Å². The van der Waals surface area contributed by atoms with Crippen LogP contribution in [0.3, 0.4) is 0 Å². The number of benzene rings is 3. The third-order valence-corrected chi connectivity index (χ3v) is 7.50. The van der Waals surface area contributed by atoms with Crippen LogP contribution in [0.25, 0.3) is 5.57 Å². The molecule has 0 amide bonds. The summed E-state index contributed by atoms with van der Waals surface area (Å²) in [6, 6.07) is 22.0. The van der Waals surface area contributed by atoms with Crippen LogP contribution in [0.2, 0.25) is 5.02 Å². The lowest BCUT2D eigenvalue weighted by Crippen LogP contribution is -2.23. The van der Waals surface area contributed by atoms with E-state index in [9.17, 15) is 16.8 Å². The summed E-state index contributed by atoms with van der Waals surface area (Å²) in [5.74, 6) is 0. The molecule has 3 aromatic carbocycles. The van der Waals surface area contributed by atoms with Gasteiger partial charge in [0.25, 0.3) is 10.0 Å². The Morgan fingerprint density at radius 3 is 1.91 bits per heavy atom. The maximum absolute atomic E-state index is 12.5. The molecule has 4 rings (SSSR count). The summed E-state index contributed by atoms with van der Waals surface area (Å²) < 4.78 is 48.9. The van der Waals surface area contributed by atoms with Gasteiger partial charge in [0.15, 0.2) is 0 Å². The average Bonchev–Trinajstić information content (AvgIpc) is 3.24. The zero-order valence-electron chi connectivity index (χ0n) is 17.8. The Labute approximate surface area is 199 Å². The van der Waals surface area contributed by atoms with E-state index in [4.69, 9.17) is 16.7 Å². The van der Waals surface area contributed by atoms with Gasteiger partial charge in [-0.15, -0.1) is 0 Å². The second kappa shape index (κ2) is 10.4. The molecule has 3 N–H and O–H groups in total. The van der Waals surface area contributed by atoms with E-state index in [0.29, 0.717) is 17.1 Å². The van der Waals surface area contributed by atoms with E-state index in [2.05, 4.69) is 4.72 Å². The molecule has 0 spiro atoms. The highest BCUT2D eigenvalue weighted by Crippen LogP contribution is 2.31. The molecular weight excluding hydrogens is 480 g/mol. The second-order valence-electron chi connectivity index (χ2n) is 7.21. The van der Waals surface area contributed by atoms with Crippen molar-refractivity contribution < 1.29 is 16.8 Å². The van der Waals surface area contributed by atoms with Gasteiger partial charge in [-0.05, 0) is 54.8 Å². The monoisotopic (exact) mass is 502 g/mol. The Hall–Kier alpha value is -2.91.